The van der Waals surface area contributed by atoms with Gasteiger partial charge in [0.05, 0.1) is 12.1 Å². The molecule has 34 heavy (non-hydrogen) atoms. The molecule has 2 aliphatic rings. The van der Waals surface area contributed by atoms with Crippen molar-refractivity contribution in [3.63, 3.8) is 0 Å². The quantitative estimate of drug-likeness (QED) is 0.421. The predicted octanol–water partition coefficient (Wildman–Crippen LogP) is 3.61. The summed E-state index contributed by atoms with van der Waals surface area (Å²) in [4.78, 5) is 30.3. The van der Waals surface area contributed by atoms with Crippen LogP contribution in [0.2, 0.25) is 5.02 Å². The van der Waals surface area contributed by atoms with E-state index in [0.717, 1.165) is 44.1 Å². The molecule has 0 aromatic heterocycles. The Morgan fingerprint density at radius 2 is 1.79 bits per heavy atom. The van der Waals surface area contributed by atoms with Crippen LogP contribution in [0.5, 0.6) is 0 Å². The lowest BCUT2D eigenvalue weighted by atomic mass is 9.93. The second-order valence-corrected chi connectivity index (χ2v) is 9.41. The molecule has 3 amide bonds. The van der Waals surface area contributed by atoms with Gasteiger partial charge >= 0.3 is 6.03 Å². The van der Waals surface area contributed by atoms with Crippen LogP contribution in [0.3, 0.4) is 0 Å². The molecular formula is C24H40Cl3N5O2. The Bertz CT molecular complexity index is 747. The van der Waals surface area contributed by atoms with Gasteiger partial charge in [0.25, 0.3) is 0 Å². The number of nitrogens with two attached hydrogens (primary N) is 1. The molecule has 3 rings (SSSR count). The Labute approximate surface area is 221 Å². The van der Waals surface area contributed by atoms with E-state index in [0.29, 0.717) is 37.6 Å². The fourth-order valence-corrected chi connectivity index (χ4v) is 5.06. The summed E-state index contributed by atoms with van der Waals surface area (Å²) in [5.74, 6) is 0.0945. The summed E-state index contributed by atoms with van der Waals surface area (Å²) < 4.78 is 0. The number of carbonyl (C=O) groups excluding carboxylic acids is 2. The number of nitrogens with zero attached hydrogens (tertiary/aromatic N) is 2. The van der Waals surface area contributed by atoms with Gasteiger partial charge in [-0.05, 0) is 63.4 Å². The maximum absolute atomic E-state index is 13.3. The van der Waals surface area contributed by atoms with Crippen LogP contribution in [0.1, 0.15) is 50.5 Å². The molecule has 1 aliphatic carbocycles. The van der Waals surface area contributed by atoms with Gasteiger partial charge in [0.2, 0.25) is 5.91 Å². The molecule has 0 radical (unpaired) electrons. The number of rotatable bonds is 9. The van der Waals surface area contributed by atoms with E-state index >= 15 is 0 Å². The molecule has 1 saturated carbocycles. The summed E-state index contributed by atoms with van der Waals surface area (Å²) in [7, 11) is 1.82. The van der Waals surface area contributed by atoms with Crippen molar-refractivity contribution in [1.82, 2.24) is 20.4 Å². The number of likely N-dealkylation sites (tertiary alicyclic amines) is 1. The van der Waals surface area contributed by atoms with E-state index in [1.165, 1.54) is 6.42 Å². The van der Waals surface area contributed by atoms with Crippen molar-refractivity contribution >= 4 is 48.4 Å². The third kappa shape index (κ3) is 8.45. The monoisotopic (exact) mass is 535 g/mol. The molecule has 1 saturated heterocycles. The van der Waals surface area contributed by atoms with Crippen molar-refractivity contribution < 1.29 is 9.59 Å². The number of hydrogen-bond acceptors (Lipinski definition) is 4. The number of benzene rings is 1. The van der Waals surface area contributed by atoms with Gasteiger partial charge in [0.1, 0.15) is 0 Å². The number of hydrogen-bond donors (Lipinski definition) is 3. The van der Waals surface area contributed by atoms with Gasteiger partial charge in [-0.25, -0.2) is 4.79 Å². The van der Waals surface area contributed by atoms with E-state index < -0.39 is 0 Å². The van der Waals surface area contributed by atoms with Crippen molar-refractivity contribution in [2.45, 2.75) is 69.5 Å². The predicted molar refractivity (Wildman–Crippen MR) is 143 cm³/mol. The van der Waals surface area contributed by atoms with Gasteiger partial charge in [0, 0.05) is 30.7 Å². The lowest BCUT2D eigenvalue weighted by Gasteiger charge is -2.38. The van der Waals surface area contributed by atoms with Crippen LogP contribution in [0.4, 0.5) is 4.79 Å². The number of nitrogens with one attached hydrogen (secondary N) is 2. The van der Waals surface area contributed by atoms with Crippen LogP contribution in [-0.2, 0) is 11.2 Å². The maximum atomic E-state index is 13.3. The van der Waals surface area contributed by atoms with E-state index in [1.54, 1.807) is 0 Å². The topological polar surface area (TPSA) is 90.7 Å². The number of halogens is 3. The van der Waals surface area contributed by atoms with E-state index in [2.05, 4.69) is 15.5 Å². The molecule has 2 atom stereocenters. The van der Waals surface area contributed by atoms with E-state index in [-0.39, 0.29) is 54.9 Å². The average molecular weight is 537 g/mol. The Morgan fingerprint density at radius 1 is 1.12 bits per heavy atom. The summed E-state index contributed by atoms with van der Waals surface area (Å²) in [5.41, 5.74) is 6.66. The Balaban J connectivity index is 0.00000289. The molecule has 1 aromatic carbocycles. The normalized spacial score (nSPS) is 19.0. The third-order valence-electron chi connectivity index (χ3n) is 6.73. The minimum absolute atomic E-state index is 0. The minimum atomic E-state index is -0.295. The van der Waals surface area contributed by atoms with Gasteiger partial charge in [-0.2, -0.15) is 0 Å². The summed E-state index contributed by atoms with van der Waals surface area (Å²) in [6.07, 6.45) is 7.86. The van der Waals surface area contributed by atoms with Crippen molar-refractivity contribution in [3.05, 3.63) is 34.9 Å². The summed E-state index contributed by atoms with van der Waals surface area (Å²) in [5, 5.41) is 6.92. The van der Waals surface area contributed by atoms with Gasteiger partial charge < -0.3 is 26.2 Å². The summed E-state index contributed by atoms with van der Waals surface area (Å²) >= 11 is 5.99. The van der Waals surface area contributed by atoms with Crippen LogP contribution in [0.25, 0.3) is 0 Å². The first-order valence-electron chi connectivity index (χ1n) is 12.0. The largest absolute Gasteiger partial charge is 0.339 e. The molecule has 2 fully saturated rings. The SMILES string of the molecule is CN[C@H](Cc1ccc(Cl)cc1)C(=O)N1CCC(N(C(=O)NCCCN)C2CCCCC2)C1.Cl.Cl. The average Bonchev–Trinajstić information content (AvgIpc) is 3.29. The van der Waals surface area contributed by atoms with E-state index in [4.69, 9.17) is 17.3 Å². The van der Waals surface area contributed by atoms with Crippen LogP contribution in [0, 0.1) is 0 Å². The molecule has 1 heterocycles. The van der Waals surface area contributed by atoms with Gasteiger partial charge in [0.15, 0.2) is 0 Å². The van der Waals surface area contributed by atoms with Crippen LogP contribution < -0.4 is 16.4 Å². The molecular weight excluding hydrogens is 497 g/mol. The fraction of sp³-hybridized carbons (Fsp3) is 0.667. The summed E-state index contributed by atoms with van der Waals surface area (Å²) in [6, 6.07) is 7.65. The molecule has 7 nitrogen and oxygen atoms in total. The smallest absolute Gasteiger partial charge is 0.317 e. The third-order valence-corrected chi connectivity index (χ3v) is 6.98. The maximum Gasteiger partial charge on any atom is 0.317 e. The Hall–Kier alpha value is -1.25. The molecule has 194 valence electrons. The number of amides is 3. The first kappa shape index (κ1) is 30.8. The molecule has 4 N–H and O–H groups in total. The zero-order valence-corrected chi connectivity index (χ0v) is 22.4. The zero-order chi connectivity index (χ0) is 22.9. The highest BCUT2D eigenvalue weighted by atomic mass is 35.5. The van der Waals surface area contributed by atoms with Crippen molar-refractivity contribution in [2.24, 2.45) is 5.73 Å². The second-order valence-electron chi connectivity index (χ2n) is 8.97. The molecule has 0 spiro atoms. The number of carbonyl (C=O) groups is 2. The van der Waals surface area contributed by atoms with Crippen molar-refractivity contribution in [1.29, 1.82) is 0 Å². The molecule has 1 aromatic rings. The van der Waals surface area contributed by atoms with Gasteiger partial charge in [-0.15, -0.1) is 24.8 Å². The van der Waals surface area contributed by atoms with Crippen LogP contribution in [0.15, 0.2) is 24.3 Å². The van der Waals surface area contributed by atoms with Crippen molar-refractivity contribution in [3.8, 4) is 0 Å². The van der Waals surface area contributed by atoms with Crippen LogP contribution in [-0.4, -0.2) is 73.1 Å². The lowest BCUT2D eigenvalue weighted by Crippen LogP contribution is -2.54. The first-order chi connectivity index (χ1) is 15.5. The standard InChI is InChI=1S/C24H38ClN5O2.2ClH/c1-27-22(16-18-8-10-19(25)11-9-18)23(31)29-15-12-21(17-29)30(20-6-3-2-4-7-20)24(32)28-14-5-13-26;;/h8-11,20-22,27H,2-7,12-17,26H2,1H3,(H,28,32);2*1H/t21?,22-;;/m1../s1. The number of urea groups is 1. The zero-order valence-electron chi connectivity index (χ0n) is 20.0. The van der Waals surface area contributed by atoms with Crippen LogP contribution >= 0.6 is 36.4 Å². The lowest BCUT2D eigenvalue weighted by molar-refractivity contribution is -0.132. The Morgan fingerprint density at radius 3 is 2.41 bits per heavy atom. The summed E-state index contributed by atoms with van der Waals surface area (Å²) in [6.45, 7) is 2.44. The van der Waals surface area contributed by atoms with Gasteiger partial charge in [-0.3, -0.25) is 4.79 Å². The number of likely N-dealkylation sites (N-methyl/N-ethyl adjacent to an activating group) is 1. The molecule has 1 unspecified atom stereocenters. The highest BCUT2D eigenvalue weighted by Crippen LogP contribution is 2.28. The van der Waals surface area contributed by atoms with Gasteiger partial charge in [-0.1, -0.05) is 43.0 Å². The highest BCUT2D eigenvalue weighted by Gasteiger charge is 2.38. The van der Waals surface area contributed by atoms with E-state index in [1.807, 2.05) is 36.2 Å². The first-order valence-corrected chi connectivity index (χ1v) is 12.4. The Kier molecular flexibility index (Phi) is 14.2. The molecule has 10 heteroatoms. The fourth-order valence-electron chi connectivity index (χ4n) is 4.94. The second kappa shape index (κ2) is 15.7. The van der Waals surface area contributed by atoms with Crippen molar-refractivity contribution in [2.75, 3.05) is 33.2 Å². The minimum Gasteiger partial charge on any atom is -0.339 e. The highest BCUT2D eigenvalue weighted by molar-refractivity contribution is 6.30. The van der Waals surface area contributed by atoms with E-state index in [9.17, 15) is 9.59 Å². The molecule has 0 bridgehead atoms. The molecule has 1 aliphatic heterocycles.